The van der Waals surface area contributed by atoms with E-state index in [1.807, 2.05) is 0 Å². The highest BCUT2D eigenvalue weighted by molar-refractivity contribution is 5.19. The van der Waals surface area contributed by atoms with E-state index in [-0.39, 0.29) is 6.04 Å². The Morgan fingerprint density at radius 1 is 1.00 bits per heavy atom. The van der Waals surface area contributed by atoms with Crippen LogP contribution in [-0.4, -0.2) is 12.6 Å². The predicted octanol–water partition coefficient (Wildman–Crippen LogP) is 5.09. The van der Waals surface area contributed by atoms with Crippen LogP contribution in [0.15, 0.2) is 18.2 Å². The second-order valence-corrected chi connectivity index (χ2v) is 5.84. The van der Waals surface area contributed by atoms with Gasteiger partial charge in [0.15, 0.2) is 0 Å². The summed E-state index contributed by atoms with van der Waals surface area (Å²) >= 11 is 0. The summed E-state index contributed by atoms with van der Waals surface area (Å²) in [6.07, 6.45) is 6.28. The van der Waals surface area contributed by atoms with Crippen molar-refractivity contribution in [3.63, 3.8) is 0 Å². The molecule has 0 aliphatic rings. The van der Waals surface area contributed by atoms with E-state index in [0.717, 1.165) is 44.7 Å². The van der Waals surface area contributed by atoms with Crippen molar-refractivity contribution in [2.45, 2.75) is 65.3 Å². The maximum atomic E-state index is 13.9. The van der Waals surface area contributed by atoms with Gasteiger partial charge in [-0.15, -0.1) is 0 Å². The second-order valence-electron chi connectivity index (χ2n) is 5.84. The van der Waals surface area contributed by atoms with Crippen LogP contribution in [0, 0.1) is 17.6 Å². The summed E-state index contributed by atoms with van der Waals surface area (Å²) in [7, 11) is 0. The highest BCUT2D eigenvalue weighted by Crippen LogP contribution is 2.22. The quantitative estimate of drug-likeness (QED) is 0.634. The first-order valence-corrected chi connectivity index (χ1v) is 8.29. The Morgan fingerprint density at radius 2 is 1.67 bits per heavy atom. The molecule has 21 heavy (non-hydrogen) atoms. The molecule has 120 valence electrons. The zero-order chi connectivity index (χ0) is 15.7. The van der Waals surface area contributed by atoms with E-state index in [2.05, 4.69) is 26.1 Å². The molecular weight excluding hydrogens is 268 g/mol. The van der Waals surface area contributed by atoms with Crippen LogP contribution >= 0.6 is 0 Å². The zero-order valence-electron chi connectivity index (χ0n) is 13.6. The third-order valence-electron chi connectivity index (χ3n) is 4.00. The van der Waals surface area contributed by atoms with Gasteiger partial charge in [0.1, 0.15) is 11.6 Å². The Morgan fingerprint density at radius 3 is 2.19 bits per heavy atom. The van der Waals surface area contributed by atoms with Crippen molar-refractivity contribution in [3.05, 3.63) is 35.4 Å². The molecule has 0 bridgehead atoms. The maximum Gasteiger partial charge on any atom is 0.129 e. The van der Waals surface area contributed by atoms with Crippen molar-refractivity contribution in [1.29, 1.82) is 0 Å². The van der Waals surface area contributed by atoms with Crippen LogP contribution in [0.2, 0.25) is 0 Å². The van der Waals surface area contributed by atoms with Crippen molar-refractivity contribution in [2.24, 2.45) is 5.92 Å². The molecule has 0 spiro atoms. The molecule has 0 fully saturated rings. The van der Waals surface area contributed by atoms with E-state index in [0.29, 0.717) is 17.9 Å². The molecule has 0 amide bonds. The number of hydrogen-bond donors (Lipinski definition) is 1. The van der Waals surface area contributed by atoms with Gasteiger partial charge in [0.2, 0.25) is 0 Å². The number of halogens is 2. The van der Waals surface area contributed by atoms with Gasteiger partial charge >= 0.3 is 0 Å². The normalized spacial score (nSPS) is 12.9. The molecule has 1 unspecified atom stereocenters. The van der Waals surface area contributed by atoms with E-state index in [4.69, 9.17) is 0 Å². The Labute approximate surface area is 128 Å². The summed E-state index contributed by atoms with van der Waals surface area (Å²) in [5.41, 5.74) is 0.613. The summed E-state index contributed by atoms with van der Waals surface area (Å²) in [4.78, 5) is 0. The van der Waals surface area contributed by atoms with Gasteiger partial charge in [-0.3, -0.25) is 0 Å². The molecule has 0 aliphatic heterocycles. The average Bonchev–Trinajstić information content (AvgIpc) is 2.45. The van der Waals surface area contributed by atoms with Crippen molar-refractivity contribution >= 4 is 0 Å². The lowest BCUT2D eigenvalue weighted by molar-refractivity contribution is 0.306. The minimum atomic E-state index is -0.506. The van der Waals surface area contributed by atoms with Crippen LogP contribution in [0.3, 0.4) is 0 Å². The Hall–Kier alpha value is -0.960. The minimum Gasteiger partial charge on any atom is -0.313 e. The monoisotopic (exact) mass is 297 g/mol. The average molecular weight is 297 g/mol. The van der Waals surface area contributed by atoms with Gasteiger partial charge < -0.3 is 5.32 Å². The summed E-state index contributed by atoms with van der Waals surface area (Å²) in [6.45, 7) is 7.46. The fraction of sp³-hybridized carbons (Fsp3) is 0.667. The predicted molar refractivity (Wildman–Crippen MR) is 85.4 cm³/mol. The number of nitrogens with one attached hydrogen (secondary N) is 1. The van der Waals surface area contributed by atoms with Gasteiger partial charge in [-0.1, -0.05) is 39.7 Å². The molecule has 1 aromatic rings. The van der Waals surface area contributed by atoms with Gasteiger partial charge in [0.05, 0.1) is 0 Å². The van der Waals surface area contributed by atoms with E-state index >= 15 is 0 Å². The van der Waals surface area contributed by atoms with Gasteiger partial charge in [-0.25, -0.2) is 8.78 Å². The summed E-state index contributed by atoms with van der Waals surface area (Å²) < 4.78 is 26.9. The largest absolute Gasteiger partial charge is 0.313 e. The van der Waals surface area contributed by atoms with Gasteiger partial charge in [0, 0.05) is 12.1 Å². The molecule has 1 nitrogen and oxygen atoms in total. The molecule has 0 aromatic heterocycles. The standard InChI is InChI=1S/C18H29F2N/c1-4-7-14(8-5-2)18(21-11-6-3)12-15-9-10-16(19)13-17(15)20/h9-10,13-14,18,21H,4-8,11-12H2,1-3H3. The molecule has 1 atom stereocenters. The number of rotatable bonds is 10. The molecule has 1 aromatic carbocycles. The third kappa shape index (κ3) is 6.13. The molecule has 3 heteroatoms. The van der Waals surface area contributed by atoms with E-state index in [1.165, 1.54) is 6.07 Å². The molecule has 0 saturated carbocycles. The Balaban J connectivity index is 2.84. The van der Waals surface area contributed by atoms with Gasteiger partial charge in [0.25, 0.3) is 0 Å². The molecule has 0 saturated heterocycles. The van der Waals surface area contributed by atoms with Crippen LogP contribution < -0.4 is 5.32 Å². The fourth-order valence-corrected chi connectivity index (χ4v) is 2.95. The van der Waals surface area contributed by atoms with Crippen LogP contribution in [0.25, 0.3) is 0 Å². The van der Waals surface area contributed by atoms with Gasteiger partial charge in [-0.05, 0) is 49.8 Å². The van der Waals surface area contributed by atoms with E-state index in [9.17, 15) is 8.78 Å². The first-order chi connectivity index (χ1) is 10.1. The third-order valence-corrected chi connectivity index (χ3v) is 4.00. The molecule has 1 N–H and O–H groups in total. The molecule has 0 radical (unpaired) electrons. The zero-order valence-corrected chi connectivity index (χ0v) is 13.6. The smallest absolute Gasteiger partial charge is 0.129 e. The second kappa shape index (κ2) is 9.88. The molecule has 0 heterocycles. The molecule has 1 rings (SSSR count). The van der Waals surface area contributed by atoms with Crippen molar-refractivity contribution in [1.82, 2.24) is 5.32 Å². The first-order valence-electron chi connectivity index (χ1n) is 8.29. The van der Waals surface area contributed by atoms with E-state index in [1.54, 1.807) is 6.07 Å². The Bertz CT molecular complexity index is 400. The lowest BCUT2D eigenvalue weighted by Gasteiger charge is -2.28. The molecule has 0 aliphatic carbocycles. The highest BCUT2D eigenvalue weighted by Gasteiger charge is 2.21. The summed E-state index contributed by atoms with van der Waals surface area (Å²) in [6, 6.07) is 4.19. The van der Waals surface area contributed by atoms with Crippen LogP contribution in [-0.2, 0) is 6.42 Å². The summed E-state index contributed by atoms with van der Waals surface area (Å²) in [5, 5.41) is 3.57. The topological polar surface area (TPSA) is 12.0 Å². The van der Waals surface area contributed by atoms with Crippen LogP contribution in [0.1, 0.15) is 58.4 Å². The number of hydrogen-bond acceptors (Lipinski definition) is 1. The fourth-order valence-electron chi connectivity index (χ4n) is 2.95. The first kappa shape index (κ1) is 18.1. The van der Waals surface area contributed by atoms with E-state index < -0.39 is 11.6 Å². The summed E-state index contributed by atoms with van der Waals surface area (Å²) in [5.74, 6) is -0.381. The molecular formula is C18H29F2N. The minimum absolute atomic E-state index is 0.268. The Kier molecular flexibility index (Phi) is 8.51. The van der Waals surface area contributed by atoms with Crippen LogP contribution in [0.4, 0.5) is 8.78 Å². The lowest BCUT2D eigenvalue weighted by atomic mass is 9.86. The lowest BCUT2D eigenvalue weighted by Crippen LogP contribution is -2.38. The van der Waals surface area contributed by atoms with Crippen molar-refractivity contribution < 1.29 is 8.78 Å². The van der Waals surface area contributed by atoms with Crippen molar-refractivity contribution in [3.8, 4) is 0 Å². The van der Waals surface area contributed by atoms with Gasteiger partial charge in [-0.2, -0.15) is 0 Å². The SMILES string of the molecule is CCCNC(Cc1ccc(F)cc1F)C(CCC)CCC. The highest BCUT2D eigenvalue weighted by atomic mass is 19.1. The maximum absolute atomic E-state index is 13.9. The van der Waals surface area contributed by atoms with Crippen LogP contribution in [0.5, 0.6) is 0 Å². The van der Waals surface area contributed by atoms with Crippen molar-refractivity contribution in [2.75, 3.05) is 6.54 Å². The number of benzene rings is 1.